The molecule has 27 heavy (non-hydrogen) atoms. The van der Waals surface area contributed by atoms with Gasteiger partial charge in [0.05, 0.1) is 18.4 Å². The molecule has 6 heteroatoms. The number of anilines is 6. The van der Waals surface area contributed by atoms with Gasteiger partial charge in [-0.1, -0.05) is 24.3 Å². The van der Waals surface area contributed by atoms with Crippen LogP contribution in [-0.2, 0) is 7.05 Å². The van der Waals surface area contributed by atoms with Crippen LogP contribution < -0.4 is 25.0 Å². The van der Waals surface area contributed by atoms with Gasteiger partial charge in [-0.2, -0.15) is 0 Å². The summed E-state index contributed by atoms with van der Waals surface area (Å²) in [5.41, 5.74) is 4.65. The van der Waals surface area contributed by atoms with Crippen molar-refractivity contribution in [3.63, 3.8) is 0 Å². The van der Waals surface area contributed by atoms with Crippen LogP contribution >= 0.6 is 0 Å². The minimum atomic E-state index is 0.159. The fourth-order valence-electron chi connectivity index (χ4n) is 4.16. The Morgan fingerprint density at radius 1 is 0.778 bits per heavy atom. The zero-order chi connectivity index (χ0) is 18.5. The maximum Gasteiger partial charge on any atom is 0.249 e. The first kappa shape index (κ1) is 15.9. The molecule has 0 saturated heterocycles. The standard InChI is InChI=1S/C21H23N6/c1-14-23-16-8-4-6-10-18(16)26(14)20-12-22-13-21(25(20)3)27-15(2)24-17-9-5-7-11-19(17)27/h4-15,23-24H,1-3H3/q+1/t14-,15+. The molecule has 3 heterocycles. The highest BCUT2D eigenvalue weighted by atomic mass is 15.4. The Bertz CT molecular complexity index is 939. The van der Waals surface area contributed by atoms with Gasteiger partial charge in [0.1, 0.15) is 36.1 Å². The summed E-state index contributed by atoms with van der Waals surface area (Å²) < 4.78 is 2.22. The van der Waals surface area contributed by atoms with Gasteiger partial charge < -0.3 is 10.6 Å². The summed E-state index contributed by atoms with van der Waals surface area (Å²) in [7, 11) is 2.10. The van der Waals surface area contributed by atoms with Gasteiger partial charge in [-0.05, 0) is 38.1 Å². The topological polar surface area (TPSA) is 47.3 Å². The maximum absolute atomic E-state index is 4.59. The summed E-state index contributed by atoms with van der Waals surface area (Å²) >= 11 is 0. The molecule has 0 aliphatic carbocycles. The van der Waals surface area contributed by atoms with Crippen LogP contribution in [-0.4, -0.2) is 17.3 Å². The molecule has 2 N–H and O–H groups in total. The molecule has 2 aliphatic heterocycles. The van der Waals surface area contributed by atoms with E-state index in [0.717, 1.165) is 23.0 Å². The Morgan fingerprint density at radius 2 is 1.22 bits per heavy atom. The molecule has 6 nitrogen and oxygen atoms in total. The van der Waals surface area contributed by atoms with Gasteiger partial charge in [-0.25, -0.2) is 14.4 Å². The van der Waals surface area contributed by atoms with Crippen molar-refractivity contribution in [2.45, 2.75) is 26.2 Å². The van der Waals surface area contributed by atoms with E-state index in [-0.39, 0.29) is 12.3 Å². The summed E-state index contributed by atoms with van der Waals surface area (Å²) in [6.07, 6.45) is 4.19. The average Bonchev–Trinajstić information content (AvgIpc) is 3.17. The van der Waals surface area contributed by atoms with E-state index in [0.29, 0.717) is 0 Å². The third-order valence-corrected chi connectivity index (χ3v) is 5.39. The molecular weight excluding hydrogens is 336 g/mol. The fraction of sp³-hybridized carbons (Fsp3) is 0.238. The number of nitrogens with zero attached hydrogens (tertiary/aromatic N) is 4. The molecular formula is C21H23N6+. The molecule has 0 unspecified atom stereocenters. The first-order valence-corrected chi connectivity index (χ1v) is 9.29. The van der Waals surface area contributed by atoms with E-state index in [9.17, 15) is 0 Å². The van der Waals surface area contributed by atoms with Crippen LogP contribution in [0.5, 0.6) is 0 Å². The molecule has 2 aliphatic rings. The predicted molar refractivity (Wildman–Crippen MR) is 109 cm³/mol. The van der Waals surface area contributed by atoms with Gasteiger partial charge in [-0.3, -0.25) is 4.98 Å². The van der Waals surface area contributed by atoms with E-state index in [1.165, 1.54) is 11.4 Å². The molecule has 0 radical (unpaired) electrons. The highest BCUT2D eigenvalue weighted by molar-refractivity contribution is 5.82. The van der Waals surface area contributed by atoms with Crippen molar-refractivity contribution in [3.8, 4) is 0 Å². The predicted octanol–water partition coefficient (Wildman–Crippen LogP) is 3.73. The third kappa shape index (κ3) is 2.33. The van der Waals surface area contributed by atoms with Gasteiger partial charge in [0, 0.05) is 0 Å². The lowest BCUT2D eigenvalue weighted by atomic mass is 10.2. The number of hydrogen-bond acceptors (Lipinski definition) is 5. The van der Waals surface area contributed by atoms with Gasteiger partial charge in [0.2, 0.25) is 11.6 Å². The van der Waals surface area contributed by atoms with Crippen LogP contribution in [0.2, 0.25) is 0 Å². The number of hydrogen-bond donors (Lipinski definition) is 2. The maximum atomic E-state index is 4.59. The summed E-state index contributed by atoms with van der Waals surface area (Å²) in [5, 5.41) is 7.09. The molecule has 0 fully saturated rings. The molecule has 1 aromatic heterocycles. The molecule has 5 rings (SSSR count). The second-order valence-electron chi connectivity index (χ2n) is 7.10. The minimum Gasteiger partial charge on any atom is -0.350 e. The van der Waals surface area contributed by atoms with Gasteiger partial charge in [0.15, 0.2) is 0 Å². The average molecular weight is 359 g/mol. The summed E-state index contributed by atoms with van der Waals surface area (Å²) in [5.74, 6) is 2.10. The van der Waals surface area contributed by atoms with Crippen molar-refractivity contribution in [1.82, 2.24) is 4.98 Å². The van der Waals surface area contributed by atoms with Crippen LogP contribution in [0.1, 0.15) is 13.8 Å². The molecule has 0 spiro atoms. The second-order valence-corrected chi connectivity index (χ2v) is 7.10. The Morgan fingerprint density at radius 3 is 1.70 bits per heavy atom. The number of para-hydroxylation sites is 4. The largest absolute Gasteiger partial charge is 0.350 e. The first-order chi connectivity index (χ1) is 13.1. The molecule has 2 atom stereocenters. The fourth-order valence-corrected chi connectivity index (χ4v) is 4.16. The van der Waals surface area contributed by atoms with Crippen molar-refractivity contribution in [2.75, 3.05) is 20.4 Å². The van der Waals surface area contributed by atoms with Gasteiger partial charge in [-0.15, -0.1) is 0 Å². The highest BCUT2D eigenvalue weighted by Gasteiger charge is 2.37. The normalized spacial score (nSPS) is 20.1. The Labute approximate surface area is 159 Å². The number of benzene rings is 2. The zero-order valence-corrected chi connectivity index (χ0v) is 15.7. The first-order valence-electron chi connectivity index (χ1n) is 9.29. The second kappa shape index (κ2) is 5.87. The smallest absolute Gasteiger partial charge is 0.249 e. The molecule has 2 aromatic carbocycles. The van der Waals surface area contributed by atoms with E-state index in [1.807, 2.05) is 12.4 Å². The van der Waals surface area contributed by atoms with Crippen LogP contribution in [0, 0.1) is 0 Å². The van der Waals surface area contributed by atoms with E-state index < -0.39 is 0 Å². The van der Waals surface area contributed by atoms with E-state index in [4.69, 9.17) is 0 Å². The quantitative estimate of drug-likeness (QED) is 0.683. The Kier molecular flexibility index (Phi) is 3.47. The molecule has 3 aromatic rings. The molecule has 0 bridgehead atoms. The van der Waals surface area contributed by atoms with Gasteiger partial charge in [0.25, 0.3) is 0 Å². The van der Waals surface area contributed by atoms with Gasteiger partial charge >= 0.3 is 0 Å². The summed E-state index contributed by atoms with van der Waals surface area (Å²) in [6.45, 7) is 4.34. The van der Waals surface area contributed by atoms with E-state index in [2.05, 4.69) is 99.4 Å². The number of aromatic nitrogens is 2. The number of rotatable bonds is 2. The minimum absolute atomic E-state index is 0.159. The SMILES string of the molecule is C[C@@H]1Nc2ccccc2N1c1cncc(N2c3ccccc3N[C@@H]2C)[n+]1C. The summed E-state index contributed by atoms with van der Waals surface area (Å²) in [4.78, 5) is 9.18. The van der Waals surface area contributed by atoms with E-state index in [1.54, 1.807) is 0 Å². The van der Waals surface area contributed by atoms with Crippen LogP contribution in [0.25, 0.3) is 0 Å². The molecule has 0 saturated carbocycles. The molecule has 0 amide bonds. The lowest BCUT2D eigenvalue weighted by Crippen LogP contribution is -2.46. The zero-order valence-electron chi connectivity index (χ0n) is 15.7. The number of nitrogens with one attached hydrogen (secondary N) is 2. The van der Waals surface area contributed by atoms with E-state index >= 15 is 0 Å². The van der Waals surface area contributed by atoms with Crippen LogP contribution in [0.4, 0.5) is 34.4 Å². The van der Waals surface area contributed by atoms with Crippen molar-refractivity contribution in [3.05, 3.63) is 60.9 Å². The molecule has 136 valence electrons. The summed E-state index contributed by atoms with van der Waals surface area (Å²) in [6, 6.07) is 16.8. The lowest BCUT2D eigenvalue weighted by molar-refractivity contribution is -0.646. The highest BCUT2D eigenvalue weighted by Crippen LogP contribution is 2.41. The van der Waals surface area contributed by atoms with Crippen LogP contribution in [0.3, 0.4) is 0 Å². The third-order valence-electron chi connectivity index (χ3n) is 5.39. The monoisotopic (exact) mass is 359 g/mol. The van der Waals surface area contributed by atoms with Crippen molar-refractivity contribution in [1.29, 1.82) is 0 Å². The number of fused-ring (bicyclic) bond motifs is 2. The Balaban J connectivity index is 1.63. The van der Waals surface area contributed by atoms with Crippen molar-refractivity contribution in [2.24, 2.45) is 7.05 Å². The van der Waals surface area contributed by atoms with Crippen molar-refractivity contribution < 1.29 is 4.57 Å². The van der Waals surface area contributed by atoms with Crippen LogP contribution in [0.15, 0.2) is 60.9 Å². The Hall–Kier alpha value is -3.28. The van der Waals surface area contributed by atoms with Crippen molar-refractivity contribution >= 4 is 34.4 Å². The lowest BCUT2D eigenvalue weighted by Gasteiger charge is -2.24.